The largest absolute Gasteiger partial charge is 0.393 e. The molecule has 10 nitrogen and oxygen atoms in total. The molecule has 0 bridgehead atoms. The minimum absolute atomic E-state index is 0.349. The lowest BCUT2D eigenvalue weighted by Crippen LogP contribution is -2.45. The van der Waals surface area contributed by atoms with Crippen LogP contribution in [-0.4, -0.2) is 62.7 Å². The van der Waals surface area contributed by atoms with Crippen molar-refractivity contribution in [1.82, 2.24) is 4.90 Å². The second-order valence-electron chi connectivity index (χ2n) is 4.49. The van der Waals surface area contributed by atoms with E-state index in [1.807, 2.05) is 0 Å². The highest BCUT2D eigenvalue weighted by Crippen LogP contribution is 2.34. The molecule has 21 heavy (non-hydrogen) atoms. The van der Waals surface area contributed by atoms with Crippen LogP contribution in [0.25, 0.3) is 10.4 Å². The third-order valence-corrected chi connectivity index (χ3v) is 2.95. The minimum Gasteiger partial charge on any atom is -0.393 e. The molecule has 0 aliphatic carbocycles. The molecule has 3 N–H and O–H groups in total. The van der Waals surface area contributed by atoms with Gasteiger partial charge in [0.15, 0.2) is 12.0 Å². The molecule has 0 radical (unpaired) electrons. The lowest BCUT2D eigenvalue weighted by Gasteiger charge is -2.27. The predicted octanol–water partition coefficient (Wildman–Crippen LogP) is -0.985. The van der Waals surface area contributed by atoms with E-state index in [9.17, 15) is 24.9 Å². The standard InChI is InChI=1S/C11H16N4O6/c1-6(17)3-4-15(7(2)18)10-8(19)9(20)11(5-16,21-10)13-14-12/h3-4,8-10,16,19-20H,5H2,1-2H3/b4-3-/t8-,9-,10+,11+/m0/s1. The number of carbonyl (C=O) groups excluding carboxylic acids is 2. The number of rotatable bonds is 5. The van der Waals surface area contributed by atoms with Crippen LogP contribution in [-0.2, 0) is 14.3 Å². The van der Waals surface area contributed by atoms with Gasteiger partial charge in [-0.15, -0.1) is 0 Å². The zero-order valence-electron chi connectivity index (χ0n) is 11.4. The Morgan fingerprint density at radius 3 is 2.52 bits per heavy atom. The first kappa shape index (κ1) is 17.1. The van der Waals surface area contributed by atoms with E-state index in [2.05, 4.69) is 10.0 Å². The van der Waals surface area contributed by atoms with Crippen LogP contribution in [0, 0.1) is 0 Å². The Kier molecular flexibility index (Phi) is 5.41. The number of aliphatic hydroxyl groups is 3. The summed E-state index contributed by atoms with van der Waals surface area (Å²) in [5.74, 6) is -0.934. The van der Waals surface area contributed by atoms with Crippen LogP contribution in [0.5, 0.6) is 0 Å². The Hall–Kier alpha value is -1.97. The molecule has 0 aromatic carbocycles. The summed E-state index contributed by atoms with van der Waals surface area (Å²) in [7, 11) is 0. The number of allylic oxidation sites excluding steroid dienone is 1. The van der Waals surface area contributed by atoms with Gasteiger partial charge < -0.3 is 20.1 Å². The van der Waals surface area contributed by atoms with Crippen LogP contribution in [0.4, 0.5) is 0 Å². The zero-order valence-corrected chi connectivity index (χ0v) is 11.4. The normalized spacial score (nSPS) is 32.0. The Morgan fingerprint density at radius 1 is 1.48 bits per heavy atom. The fourth-order valence-corrected chi connectivity index (χ4v) is 1.87. The van der Waals surface area contributed by atoms with E-state index in [0.29, 0.717) is 0 Å². The van der Waals surface area contributed by atoms with Crippen LogP contribution in [0.15, 0.2) is 17.4 Å². The lowest BCUT2D eigenvalue weighted by atomic mass is 10.1. The molecule has 0 unspecified atom stereocenters. The number of azide groups is 1. The Bertz CT molecular complexity index is 503. The van der Waals surface area contributed by atoms with Gasteiger partial charge in [0.25, 0.3) is 0 Å². The van der Waals surface area contributed by atoms with E-state index < -0.39 is 36.7 Å². The van der Waals surface area contributed by atoms with Crippen molar-refractivity contribution < 1.29 is 29.6 Å². The lowest BCUT2D eigenvalue weighted by molar-refractivity contribution is -0.156. The molecule has 1 fully saturated rings. The molecule has 0 aromatic heterocycles. The van der Waals surface area contributed by atoms with Crippen molar-refractivity contribution in [2.75, 3.05) is 6.61 Å². The average Bonchev–Trinajstić information content (AvgIpc) is 2.65. The van der Waals surface area contributed by atoms with Crippen LogP contribution >= 0.6 is 0 Å². The van der Waals surface area contributed by atoms with E-state index in [1.54, 1.807) is 0 Å². The summed E-state index contributed by atoms with van der Waals surface area (Å²) < 4.78 is 5.19. The molecule has 1 saturated heterocycles. The van der Waals surface area contributed by atoms with Crippen molar-refractivity contribution in [1.29, 1.82) is 0 Å². The van der Waals surface area contributed by atoms with Gasteiger partial charge in [-0.25, -0.2) is 0 Å². The van der Waals surface area contributed by atoms with Gasteiger partial charge in [-0.1, -0.05) is 5.11 Å². The number of carbonyl (C=O) groups is 2. The summed E-state index contributed by atoms with van der Waals surface area (Å²) in [6.07, 6.45) is -2.64. The molecule has 0 aromatic rings. The third-order valence-electron chi connectivity index (χ3n) is 2.95. The van der Waals surface area contributed by atoms with Gasteiger partial charge in [0.05, 0.1) is 6.61 Å². The summed E-state index contributed by atoms with van der Waals surface area (Å²) in [4.78, 5) is 25.8. The van der Waals surface area contributed by atoms with Crippen LogP contribution in [0.2, 0.25) is 0 Å². The van der Waals surface area contributed by atoms with Crippen LogP contribution < -0.4 is 0 Å². The van der Waals surface area contributed by atoms with E-state index in [0.717, 1.165) is 24.1 Å². The second-order valence-corrected chi connectivity index (χ2v) is 4.49. The van der Waals surface area contributed by atoms with Gasteiger partial charge in [-0.3, -0.25) is 14.5 Å². The molecule has 1 aliphatic rings. The van der Waals surface area contributed by atoms with Gasteiger partial charge in [0, 0.05) is 18.0 Å². The molecule has 0 spiro atoms. The molecule has 1 heterocycles. The quantitative estimate of drug-likeness (QED) is 0.256. The van der Waals surface area contributed by atoms with Crippen molar-refractivity contribution in [3.05, 3.63) is 22.7 Å². The van der Waals surface area contributed by atoms with Crippen molar-refractivity contribution in [3.63, 3.8) is 0 Å². The summed E-state index contributed by atoms with van der Waals surface area (Å²) in [6.45, 7) is 1.51. The van der Waals surface area contributed by atoms with Crippen molar-refractivity contribution in [2.24, 2.45) is 5.11 Å². The fraction of sp³-hybridized carbons (Fsp3) is 0.636. The molecular weight excluding hydrogens is 284 g/mol. The summed E-state index contributed by atoms with van der Waals surface area (Å²) in [5, 5.41) is 32.3. The highest BCUT2D eigenvalue weighted by Gasteiger charge is 2.55. The second kappa shape index (κ2) is 6.66. The molecular formula is C11H16N4O6. The number of nitrogens with zero attached hydrogens (tertiary/aromatic N) is 4. The van der Waals surface area contributed by atoms with E-state index in [-0.39, 0.29) is 5.78 Å². The molecule has 1 rings (SSSR count). The topological polar surface area (TPSA) is 156 Å². The van der Waals surface area contributed by atoms with Crippen molar-refractivity contribution in [2.45, 2.75) is 38.0 Å². The molecule has 1 aliphatic heterocycles. The van der Waals surface area contributed by atoms with E-state index in [1.165, 1.54) is 6.92 Å². The smallest absolute Gasteiger partial charge is 0.225 e. The molecule has 10 heteroatoms. The number of amides is 1. The predicted molar refractivity (Wildman–Crippen MR) is 68.2 cm³/mol. The number of ketones is 1. The van der Waals surface area contributed by atoms with Crippen molar-refractivity contribution in [3.8, 4) is 0 Å². The number of ether oxygens (including phenoxy) is 1. The van der Waals surface area contributed by atoms with Crippen molar-refractivity contribution >= 4 is 11.7 Å². The Labute approximate surface area is 119 Å². The molecule has 1 amide bonds. The van der Waals surface area contributed by atoms with Gasteiger partial charge in [-0.05, 0) is 18.5 Å². The number of hydrogen-bond acceptors (Lipinski definition) is 7. The first-order chi connectivity index (χ1) is 9.79. The number of aliphatic hydroxyl groups excluding tert-OH is 3. The van der Waals surface area contributed by atoms with Gasteiger partial charge >= 0.3 is 0 Å². The monoisotopic (exact) mass is 300 g/mol. The van der Waals surface area contributed by atoms with Gasteiger partial charge in [0.2, 0.25) is 11.6 Å². The van der Waals surface area contributed by atoms with Gasteiger partial charge in [-0.2, -0.15) is 0 Å². The van der Waals surface area contributed by atoms with Crippen LogP contribution in [0.1, 0.15) is 13.8 Å². The Morgan fingerprint density at radius 2 is 2.10 bits per heavy atom. The van der Waals surface area contributed by atoms with E-state index in [4.69, 9.17) is 10.3 Å². The maximum absolute atomic E-state index is 11.6. The highest BCUT2D eigenvalue weighted by atomic mass is 16.6. The maximum atomic E-state index is 11.6. The summed E-state index contributed by atoms with van der Waals surface area (Å²) in [6, 6.07) is 0. The first-order valence-electron chi connectivity index (χ1n) is 5.98. The summed E-state index contributed by atoms with van der Waals surface area (Å²) >= 11 is 0. The Balaban J connectivity index is 3.14. The minimum atomic E-state index is -2.10. The highest BCUT2D eigenvalue weighted by molar-refractivity contribution is 5.88. The third kappa shape index (κ3) is 3.38. The average molecular weight is 300 g/mol. The molecule has 116 valence electrons. The summed E-state index contributed by atoms with van der Waals surface area (Å²) in [5.41, 5.74) is 6.37. The zero-order chi connectivity index (χ0) is 16.2. The molecule has 0 saturated carbocycles. The van der Waals surface area contributed by atoms with Gasteiger partial charge in [0.1, 0.15) is 12.2 Å². The maximum Gasteiger partial charge on any atom is 0.225 e. The first-order valence-corrected chi connectivity index (χ1v) is 5.98. The van der Waals surface area contributed by atoms with Crippen LogP contribution in [0.3, 0.4) is 0 Å². The molecule has 4 atom stereocenters. The SMILES string of the molecule is CC(=O)/C=C\N(C(C)=O)[C@@H]1O[C@@](CO)(N=[N+]=[N-])[C@@H](O)[C@@H]1O. The number of hydrogen-bond donors (Lipinski definition) is 3. The fourth-order valence-electron chi connectivity index (χ4n) is 1.87. The van der Waals surface area contributed by atoms with E-state index >= 15 is 0 Å².